The monoisotopic (exact) mass is 384 g/mol. The van der Waals surface area contributed by atoms with Crippen LogP contribution in [-0.2, 0) is 6.54 Å². The summed E-state index contributed by atoms with van der Waals surface area (Å²) in [6.07, 6.45) is 1.63. The van der Waals surface area contributed by atoms with Gasteiger partial charge in [0.15, 0.2) is 11.4 Å². The summed E-state index contributed by atoms with van der Waals surface area (Å²) in [6.45, 7) is 2.57. The van der Waals surface area contributed by atoms with E-state index < -0.39 is 0 Å². The van der Waals surface area contributed by atoms with Crippen molar-refractivity contribution in [3.63, 3.8) is 0 Å². The summed E-state index contributed by atoms with van der Waals surface area (Å²) in [7, 11) is 0. The van der Waals surface area contributed by atoms with Crippen LogP contribution in [0.25, 0.3) is 0 Å². The predicted octanol–water partition coefficient (Wildman–Crippen LogP) is 4.68. The fourth-order valence-electron chi connectivity index (χ4n) is 2.83. The lowest BCUT2D eigenvalue weighted by Crippen LogP contribution is -2.13. The molecule has 29 heavy (non-hydrogen) atoms. The van der Waals surface area contributed by atoms with Gasteiger partial charge in [-0.15, -0.1) is 5.10 Å². The van der Waals surface area contributed by atoms with E-state index >= 15 is 0 Å². The summed E-state index contributed by atoms with van der Waals surface area (Å²) in [5.41, 5.74) is 3.04. The van der Waals surface area contributed by atoms with E-state index in [4.69, 9.17) is 4.74 Å². The highest BCUT2D eigenvalue weighted by Gasteiger charge is 2.14. The fraction of sp³-hybridized carbons (Fsp3) is 0.0870. The number of anilines is 1. The molecule has 0 unspecified atom stereocenters. The van der Waals surface area contributed by atoms with E-state index in [2.05, 4.69) is 15.6 Å². The van der Waals surface area contributed by atoms with Crippen molar-refractivity contribution in [3.05, 3.63) is 102 Å². The molecule has 6 heteroatoms. The number of nitrogens with one attached hydrogen (secondary N) is 1. The molecule has 0 saturated carbocycles. The molecule has 0 fully saturated rings. The zero-order chi connectivity index (χ0) is 20.1. The fourth-order valence-corrected chi connectivity index (χ4v) is 2.83. The Bertz CT molecular complexity index is 1110. The summed E-state index contributed by atoms with van der Waals surface area (Å²) in [4.78, 5) is 12.6. The van der Waals surface area contributed by atoms with Crippen LogP contribution >= 0.6 is 0 Å². The molecule has 0 spiro atoms. The minimum absolute atomic E-state index is 0.242. The number of amides is 1. The number of aryl methyl sites for hydroxylation is 1. The second kappa shape index (κ2) is 8.39. The third-order valence-electron chi connectivity index (χ3n) is 4.34. The van der Waals surface area contributed by atoms with Crippen LogP contribution in [0.5, 0.6) is 11.5 Å². The molecule has 1 N–H and O–H groups in total. The first-order valence-electron chi connectivity index (χ1n) is 9.26. The molecule has 0 aliphatic carbocycles. The Hall–Kier alpha value is -3.93. The second-order valence-electron chi connectivity index (χ2n) is 6.65. The van der Waals surface area contributed by atoms with Crippen molar-refractivity contribution in [1.29, 1.82) is 0 Å². The van der Waals surface area contributed by atoms with E-state index in [0.717, 1.165) is 11.1 Å². The number of carbonyl (C=O) groups is 1. The van der Waals surface area contributed by atoms with Crippen LogP contribution in [0.15, 0.2) is 85.1 Å². The van der Waals surface area contributed by atoms with E-state index in [9.17, 15) is 4.79 Å². The lowest BCUT2D eigenvalue weighted by molar-refractivity contribution is 0.102. The maximum atomic E-state index is 12.6. The highest BCUT2D eigenvalue weighted by molar-refractivity contribution is 6.03. The number of para-hydroxylation sites is 2. The third-order valence-corrected chi connectivity index (χ3v) is 4.34. The Kier molecular flexibility index (Phi) is 5.33. The topological polar surface area (TPSA) is 69.0 Å². The van der Waals surface area contributed by atoms with Gasteiger partial charge in [-0.05, 0) is 36.8 Å². The van der Waals surface area contributed by atoms with Crippen LogP contribution in [-0.4, -0.2) is 20.9 Å². The molecule has 0 bridgehead atoms. The smallest absolute Gasteiger partial charge is 0.277 e. The number of benzene rings is 3. The van der Waals surface area contributed by atoms with Crippen LogP contribution in [0.3, 0.4) is 0 Å². The molecule has 0 aliphatic heterocycles. The van der Waals surface area contributed by atoms with Gasteiger partial charge in [-0.2, -0.15) is 0 Å². The number of nitrogens with zero attached hydrogens (tertiary/aromatic N) is 3. The molecule has 1 heterocycles. The van der Waals surface area contributed by atoms with Gasteiger partial charge in [0.05, 0.1) is 18.4 Å². The van der Waals surface area contributed by atoms with Gasteiger partial charge in [0.2, 0.25) is 0 Å². The summed E-state index contributed by atoms with van der Waals surface area (Å²) in [5, 5.41) is 10.9. The zero-order valence-electron chi connectivity index (χ0n) is 15.9. The third kappa shape index (κ3) is 4.68. The first-order chi connectivity index (χ1) is 14.2. The summed E-state index contributed by atoms with van der Waals surface area (Å²) < 4.78 is 7.57. The van der Waals surface area contributed by atoms with Crippen LogP contribution in [0.4, 0.5) is 5.69 Å². The van der Waals surface area contributed by atoms with Crippen molar-refractivity contribution in [2.45, 2.75) is 13.5 Å². The molecule has 0 radical (unpaired) electrons. The molecule has 0 aliphatic rings. The number of hydrogen-bond acceptors (Lipinski definition) is 4. The van der Waals surface area contributed by atoms with Gasteiger partial charge in [-0.3, -0.25) is 4.79 Å². The molecular weight excluding hydrogens is 364 g/mol. The maximum Gasteiger partial charge on any atom is 0.277 e. The van der Waals surface area contributed by atoms with Crippen molar-refractivity contribution in [1.82, 2.24) is 15.0 Å². The average molecular weight is 384 g/mol. The molecule has 6 nitrogen and oxygen atoms in total. The molecule has 3 aromatic carbocycles. The van der Waals surface area contributed by atoms with Crippen LogP contribution in [0.1, 0.15) is 21.6 Å². The number of ether oxygens (including phenoxy) is 1. The molecule has 1 amide bonds. The van der Waals surface area contributed by atoms with Gasteiger partial charge in [0.25, 0.3) is 5.91 Å². The van der Waals surface area contributed by atoms with E-state index in [1.807, 2.05) is 79.7 Å². The lowest BCUT2D eigenvalue weighted by atomic mass is 10.2. The van der Waals surface area contributed by atoms with Crippen molar-refractivity contribution >= 4 is 11.6 Å². The maximum absolute atomic E-state index is 12.6. The predicted molar refractivity (Wildman–Crippen MR) is 111 cm³/mol. The minimum Gasteiger partial charge on any atom is -0.455 e. The van der Waals surface area contributed by atoms with E-state index in [0.29, 0.717) is 23.7 Å². The lowest BCUT2D eigenvalue weighted by Gasteiger charge is -2.11. The number of carbonyl (C=O) groups excluding carboxylic acids is 1. The van der Waals surface area contributed by atoms with Crippen LogP contribution in [0, 0.1) is 6.92 Å². The molecular formula is C23H20N4O2. The van der Waals surface area contributed by atoms with Gasteiger partial charge in [0, 0.05) is 0 Å². The quantitative estimate of drug-likeness (QED) is 0.524. The highest BCUT2D eigenvalue weighted by Crippen LogP contribution is 2.29. The van der Waals surface area contributed by atoms with Gasteiger partial charge in [-0.1, -0.05) is 65.4 Å². The standard InChI is InChI=1S/C23H20N4O2/c1-17-11-13-19(14-12-17)29-22-10-6-5-9-20(22)24-23(28)21-16-27(26-25-21)15-18-7-3-2-4-8-18/h2-14,16H,15H2,1H3,(H,24,28). The van der Waals surface area contributed by atoms with Gasteiger partial charge in [-0.25, -0.2) is 4.68 Å². The summed E-state index contributed by atoms with van der Waals surface area (Å²) in [6, 6.07) is 24.9. The molecule has 4 aromatic rings. The van der Waals surface area contributed by atoms with Crippen LogP contribution in [0.2, 0.25) is 0 Å². The Balaban J connectivity index is 1.47. The zero-order valence-corrected chi connectivity index (χ0v) is 15.9. The molecule has 144 valence electrons. The minimum atomic E-state index is -0.343. The van der Waals surface area contributed by atoms with Crippen molar-refractivity contribution in [3.8, 4) is 11.5 Å². The van der Waals surface area contributed by atoms with Crippen LogP contribution < -0.4 is 10.1 Å². The van der Waals surface area contributed by atoms with E-state index in [1.165, 1.54) is 0 Å². The van der Waals surface area contributed by atoms with Gasteiger partial charge >= 0.3 is 0 Å². The Morgan fingerprint density at radius 2 is 1.69 bits per heavy atom. The first-order valence-corrected chi connectivity index (χ1v) is 9.26. The van der Waals surface area contributed by atoms with Gasteiger partial charge < -0.3 is 10.1 Å². The average Bonchev–Trinajstić information content (AvgIpc) is 3.20. The number of rotatable bonds is 6. The molecule has 4 rings (SSSR count). The Labute approximate surface area is 168 Å². The first kappa shape index (κ1) is 18.4. The molecule has 1 aromatic heterocycles. The van der Waals surface area contributed by atoms with Crippen molar-refractivity contribution in [2.24, 2.45) is 0 Å². The van der Waals surface area contributed by atoms with Gasteiger partial charge in [0.1, 0.15) is 5.75 Å². The molecule has 0 saturated heterocycles. The Morgan fingerprint density at radius 1 is 0.966 bits per heavy atom. The number of aromatic nitrogens is 3. The van der Waals surface area contributed by atoms with Crippen molar-refractivity contribution in [2.75, 3.05) is 5.32 Å². The summed E-state index contributed by atoms with van der Waals surface area (Å²) >= 11 is 0. The van der Waals surface area contributed by atoms with E-state index in [-0.39, 0.29) is 11.6 Å². The largest absolute Gasteiger partial charge is 0.455 e. The van der Waals surface area contributed by atoms with E-state index in [1.54, 1.807) is 16.9 Å². The second-order valence-corrected chi connectivity index (χ2v) is 6.65. The Morgan fingerprint density at radius 3 is 2.48 bits per heavy atom. The summed E-state index contributed by atoms with van der Waals surface area (Å²) in [5.74, 6) is 0.914. The number of hydrogen-bond donors (Lipinski definition) is 1. The molecule has 0 atom stereocenters. The SMILES string of the molecule is Cc1ccc(Oc2ccccc2NC(=O)c2cn(Cc3ccccc3)nn2)cc1. The van der Waals surface area contributed by atoms with Crippen molar-refractivity contribution < 1.29 is 9.53 Å². The highest BCUT2D eigenvalue weighted by atomic mass is 16.5. The normalized spacial score (nSPS) is 10.5.